The average molecular weight is 299 g/mol. The van der Waals surface area contributed by atoms with Crippen LogP contribution in [0.1, 0.15) is 0 Å². The summed E-state index contributed by atoms with van der Waals surface area (Å²) >= 11 is 0. The Morgan fingerprint density at radius 2 is 1.82 bits per heavy atom. The number of aromatic amines is 1. The van der Waals surface area contributed by atoms with Crippen molar-refractivity contribution in [2.24, 2.45) is 0 Å². The van der Waals surface area contributed by atoms with E-state index in [0.29, 0.717) is 28.8 Å². The minimum atomic E-state index is -0.191. The summed E-state index contributed by atoms with van der Waals surface area (Å²) in [5.41, 5.74) is 1.18. The number of nitrogens with one attached hydrogen (secondary N) is 1. The van der Waals surface area contributed by atoms with Crippen LogP contribution in [0.15, 0.2) is 45.8 Å². The van der Waals surface area contributed by atoms with E-state index < -0.39 is 0 Å². The summed E-state index contributed by atoms with van der Waals surface area (Å²) in [6, 6.07) is 8.35. The SMILES string of the molecule is COc1ccc(-c2noc(-c3ccc(=O)[nH]c3)n2)cc1OC. The fraction of sp³-hybridized carbons (Fsp3) is 0.133. The van der Waals surface area contributed by atoms with Crippen molar-refractivity contribution < 1.29 is 14.0 Å². The lowest BCUT2D eigenvalue weighted by atomic mass is 10.2. The van der Waals surface area contributed by atoms with Gasteiger partial charge in [-0.15, -0.1) is 0 Å². The van der Waals surface area contributed by atoms with Crippen LogP contribution in [0.2, 0.25) is 0 Å². The number of aromatic nitrogens is 3. The molecule has 0 unspecified atom stereocenters. The molecule has 3 rings (SSSR count). The minimum absolute atomic E-state index is 0.191. The van der Waals surface area contributed by atoms with E-state index in [1.165, 1.54) is 12.3 Å². The Balaban J connectivity index is 1.97. The van der Waals surface area contributed by atoms with E-state index in [9.17, 15) is 4.79 Å². The number of H-pyrrole nitrogens is 1. The molecule has 0 fully saturated rings. The second-order valence-corrected chi connectivity index (χ2v) is 4.43. The highest BCUT2D eigenvalue weighted by atomic mass is 16.5. The summed E-state index contributed by atoms with van der Waals surface area (Å²) < 4.78 is 15.7. The molecule has 22 heavy (non-hydrogen) atoms. The van der Waals surface area contributed by atoms with Gasteiger partial charge in [0.05, 0.1) is 19.8 Å². The van der Waals surface area contributed by atoms with Gasteiger partial charge < -0.3 is 19.0 Å². The van der Waals surface area contributed by atoms with Crippen LogP contribution in [0.4, 0.5) is 0 Å². The van der Waals surface area contributed by atoms with Crippen LogP contribution in [-0.4, -0.2) is 29.3 Å². The van der Waals surface area contributed by atoms with E-state index in [0.717, 1.165) is 5.56 Å². The zero-order valence-electron chi connectivity index (χ0n) is 12.0. The summed E-state index contributed by atoms with van der Waals surface area (Å²) in [4.78, 5) is 17.9. The van der Waals surface area contributed by atoms with E-state index in [4.69, 9.17) is 14.0 Å². The normalized spacial score (nSPS) is 10.5. The second-order valence-electron chi connectivity index (χ2n) is 4.43. The van der Waals surface area contributed by atoms with Crippen molar-refractivity contribution in [3.8, 4) is 34.3 Å². The highest BCUT2D eigenvalue weighted by Gasteiger charge is 2.13. The summed E-state index contributed by atoms with van der Waals surface area (Å²) in [5, 5.41) is 3.94. The van der Waals surface area contributed by atoms with Crippen molar-refractivity contribution in [3.63, 3.8) is 0 Å². The number of benzene rings is 1. The fourth-order valence-corrected chi connectivity index (χ4v) is 1.98. The van der Waals surface area contributed by atoms with Gasteiger partial charge in [-0.25, -0.2) is 0 Å². The maximum absolute atomic E-state index is 11.1. The summed E-state index contributed by atoms with van der Waals surface area (Å²) in [6.45, 7) is 0. The number of ether oxygens (including phenoxy) is 2. The second kappa shape index (κ2) is 5.72. The smallest absolute Gasteiger partial charge is 0.259 e. The third-order valence-electron chi connectivity index (χ3n) is 3.10. The van der Waals surface area contributed by atoms with Crippen LogP contribution >= 0.6 is 0 Å². The van der Waals surface area contributed by atoms with Gasteiger partial charge >= 0.3 is 0 Å². The summed E-state index contributed by atoms with van der Waals surface area (Å²) in [5.74, 6) is 1.94. The van der Waals surface area contributed by atoms with Crippen molar-refractivity contribution >= 4 is 0 Å². The molecule has 0 aliphatic heterocycles. The van der Waals surface area contributed by atoms with Crippen LogP contribution in [0.3, 0.4) is 0 Å². The molecule has 0 radical (unpaired) electrons. The molecule has 0 aliphatic rings. The number of pyridine rings is 1. The molecule has 0 bridgehead atoms. The van der Waals surface area contributed by atoms with Gasteiger partial charge in [0.1, 0.15) is 0 Å². The number of rotatable bonds is 4. The third-order valence-corrected chi connectivity index (χ3v) is 3.10. The third kappa shape index (κ3) is 2.56. The molecule has 1 aromatic carbocycles. The lowest BCUT2D eigenvalue weighted by Crippen LogP contribution is -2.01. The zero-order chi connectivity index (χ0) is 15.5. The van der Waals surface area contributed by atoms with Crippen LogP contribution in [0.25, 0.3) is 22.8 Å². The van der Waals surface area contributed by atoms with E-state index in [-0.39, 0.29) is 5.56 Å². The first kappa shape index (κ1) is 13.9. The molecule has 0 spiro atoms. The van der Waals surface area contributed by atoms with Gasteiger partial charge in [0, 0.05) is 17.8 Å². The van der Waals surface area contributed by atoms with Crippen molar-refractivity contribution in [1.29, 1.82) is 0 Å². The highest BCUT2D eigenvalue weighted by Crippen LogP contribution is 2.31. The van der Waals surface area contributed by atoms with Crippen LogP contribution in [0.5, 0.6) is 11.5 Å². The Bertz CT molecular complexity index is 833. The van der Waals surface area contributed by atoms with Gasteiger partial charge in [-0.3, -0.25) is 4.79 Å². The Kier molecular flexibility index (Phi) is 3.61. The van der Waals surface area contributed by atoms with Crippen molar-refractivity contribution in [1.82, 2.24) is 15.1 Å². The number of nitrogens with zero attached hydrogens (tertiary/aromatic N) is 2. The predicted molar refractivity (Wildman–Crippen MR) is 78.9 cm³/mol. The lowest BCUT2D eigenvalue weighted by Gasteiger charge is -2.07. The molecule has 0 saturated heterocycles. The van der Waals surface area contributed by atoms with Crippen molar-refractivity contribution in [2.75, 3.05) is 14.2 Å². The average Bonchev–Trinajstić information content (AvgIpc) is 3.05. The molecule has 0 amide bonds. The molecule has 0 atom stereocenters. The quantitative estimate of drug-likeness (QED) is 0.793. The molecule has 112 valence electrons. The Morgan fingerprint density at radius 1 is 1.05 bits per heavy atom. The Labute approximate surface area is 125 Å². The van der Waals surface area contributed by atoms with E-state index in [1.807, 2.05) is 6.07 Å². The van der Waals surface area contributed by atoms with Crippen molar-refractivity contribution in [2.45, 2.75) is 0 Å². The van der Waals surface area contributed by atoms with Crippen LogP contribution in [0, 0.1) is 0 Å². The molecule has 0 aliphatic carbocycles. The summed E-state index contributed by atoms with van der Waals surface area (Å²) in [7, 11) is 3.13. The molecule has 7 nitrogen and oxygen atoms in total. The Hall–Kier alpha value is -3.09. The van der Waals surface area contributed by atoms with Crippen LogP contribution < -0.4 is 15.0 Å². The number of methoxy groups -OCH3 is 2. The molecule has 1 N–H and O–H groups in total. The van der Waals surface area contributed by atoms with Gasteiger partial charge in [0.2, 0.25) is 11.4 Å². The maximum Gasteiger partial charge on any atom is 0.259 e. The molecular weight excluding hydrogens is 286 g/mol. The van der Waals surface area contributed by atoms with E-state index >= 15 is 0 Å². The molecule has 2 aromatic heterocycles. The largest absolute Gasteiger partial charge is 0.493 e. The molecule has 7 heteroatoms. The number of hydrogen-bond acceptors (Lipinski definition) is 6. The van der Waals surface area contributed by atoms with Gasteiger partial charge in [0.15, 0.2) is 11.5 Å². The Morgan fingerprint density at radius 3 is 2.50 bits per heavy atom. The first-order chi connectivity index (χ1) is 10.7. The van der Waals surface area contributed by atoms with Gasteiger partial charge in [-0.1, -0.05) is 5.16 Å². The zero-order valence-corrected chi connectivity index (χ0v) is 12.0. The monoisotopic (exact) mass is 299 g/mol. The standard InChI is InChI=1S/C15H13N3O4/c1-20-11-5-3-9(7-12(11)21-2)14-17-15(22-18-14)10-4-6-13(19)16-8-10/h3-8H,1-2H3,(H,16,19). The first-order valence-corrected chi connectivity index (χ1v) is 6.46. The number of hydrogen-bond donors (Lipinski definition) is 1. The predicted octanol–water partition coefficient (Wildman–Crippen LogP) is 2.11. The lowest BCUT2D eigenvalue weighted by molar-refractivity contribution is 0.355. The van der Waals surface area contributed by atoms with Crippen molar-refractivity contribution in [3.05, 3.63) is 46.9 Å². The topological polar surface area (TPSA) is 90.2 Å². The summed E-state index contributed by atoms with van der Waals surface area (Å²) in [6.07, 6.45) is 1.52. The highest BCUT2D eigenvalue weighted by molar-refractivity contribution is 5.63. The van der Waals surface area contributed by atoms with E-state index in [2.05, 4.69) is 15.1 Å². The van der Waals surface area contributed by atoms with E-state index in [1.54, 1.807) is 32.4 Å². The molecular formula is C15H13N3O4. The molecule has 0 saturated carbocycles. The van der Waals surface area contributed by atoms with Crippen LogP contribution in [-0.2, 0) is 0 Å². The van der Waals surface area contributed by atoms with Gasteiger partial charge in [-0.2, -0.15) is 4.98 Å². The molecule has 3 aromatic rings. The first-order valence-electron chi connectivity index (χ1n) is 6.46. The fourth-order valence-electron chi connectivity index (χ4n) is 1.98. The molecule has 2 heterocycles. The maximum atomic E-state index is 11.1. The minimum Gasteiger partial charge on any atom is -0.493 e. The van der Waals surface area contributed by atoms with Gasteiger partial charge in [0.25, 0.3) is 5.89 Å². The van der Waals surface area contributed by atoms with Gasteiger partial charge in [-0.05, 0) is 24.3 Å².